The first-order valence-corrected chi connectivity index (χ1v) is 11.1. The minimum Gasteiger partial charge on any atom is -0.405 e. The highest BCUT2D eigenvalue weighted by atomic mass is 127. The lowest BCUT2D eigenvalue weighted by atomic mass is 9.89. The maximum absolute atomic E-state index is 12.6. The zero-order chi connectivity index (χ0) is 22.4. The van der Waals surface area contributed by atoms with Crippen LogP contribution in [0.2, 0.25) is 0 Å². The van der Waals surface area contributed by atoms with Gasteiger partial charge in [0.25, 0.3) is 0 Å². The van der Waals surface area contributed by atoms with Crippen LogP contribution in [-0.2, 0) is 6.54 Å². The Morgan fingerprint density at radius 2 is 1.90 bits per heavy atom. The van der Waals surface area contributed by atoms with Crippen LogP contribution < -0.4 is 15.4 Å². The summed E-state index contributed by atoms with van der Waals surface area (Å²) in [5.74, 6) is 0.445. The molecule has 0 atom stereocenters. The maximum Gasteiger partial charge on any atom is 0.573 e. The summed E-state index contributed by atoms with van der Waals surface area (Å²) in [7, 11) is 0. The lowest BCUT2D eigenvalue weighted by molar-refractivity contribution is -0.384. The van der Waals surface area contributed by atoms with E-state index in [9.17, 15) is 23.3 Å². The van der Waals surface area contributed by atoms with Crippen molar-refractivity contribution in [3.63, 3.8) is 0 Å². The second-order valence-electron chi connectivity index (χ2n) is 7.35. The molecule has 7 nitrogen and oxygen atoms in total. The van der Waals surface area contributed by atoms with Gasteiger partial charge in [0.05, 0.1) is 4.92 Å². The van der Waals surface area contributed by atoms with Crippen LogP contribution in [0.3, 0.4) is 0 Å². The molecule has 1 fully saturated rings. The van der Waals surface area contributed by atoms with Gasteiger partial charge in [-0.05, 0) is 37.7 Å². The molecule has 3 rings (SSSR count). The molecule has 1 aromatic carbocycles. The highest BCUT2D eigenvalue weighted by Crippen LogP contribution is 2.32. The van der Waals surface area contributed by atoms with Crippen molar-refractivity contribution in [2.45, 2.75) is 42.5 Å². The molecule has 1 aliphatic carbocycles. The molecule has 0 spiro atoms. The van der Waals surface area contributed by atoms with Crippen molar-refractivity contribution >= 4 is 39.8 Å². The van der Waals surface area contributed by atoms with E-state index in [0.717, 1.165) is 31.9 Å². The smallest absolute Gasteiger partial charge is 0.405 e. The molecule has 0 unspecified atom stereocenters. The molecule has 0 bridgehead atoms. The minimum atomic E-state index is -4.80. The van der Waals surface area contributed by atoms with E-state index < -0.39 is 11.3 Å². The molecule has 11 heteroatoms. The van der Waals surface area contributed by atoms with Crippen molar-refractivity contribution in [3.05, 3.63) is 52.2 Å². The predicted octanol–water partition coefficient (Wildman–Crippen LogP) is 5.91. The van der Waals surface area contributed by atoms with Crippen LogP contribution in [0.4, 0.5) is 30.4 Å². The first-order valence-electron chi connectivity index (χ1n) is 9.81. The van der Waals surface area contributed by atoms with Gasteiger partial charge in [-0.1, -0.05) is 40.8 Å². The quantitative estimate of drug-likeness (QED) is 0.184. The van der Waals surface area contributed by atoms with Gasteiger partial charge < -0.3 is 15.4 Å². The van der Waals surface area contributed by atoms with Crippen molar-refractivity contribution < 1.29 is 22.8 Å². The van der Waals surface area contributed by atoms with Gasteiger partial charge in [0.2, 0.25) is 0 Å². The Balaban J connectivity index is 1.68. The van der Waals surface area contributed by atoms with Crippen LogP contribution in [0.1, 0.15) is 31.2 Å². The van der Waals surface area contributed by atoms with Gasteiger partial charge in [-0.25, -0.2) is 4.98 Å². The normalized spacial score (nSPS) is 19.0. The number of para-hydroxylation sites is 1. The Morgan fingerprint density at radius 1 is 1.19 bits per heavy atom. The van der Waals surface area contributed by atoms with Gasteiger partial charge >= 0.3 is 12.0 Å². The lowest BCUT2D eigenvalue weighted by Gasteiger charge is -2.25. The first-order chi connectivity index (χ1) is 14.7. The van der Waals surface area contributed by atoms with Gasteiger partial charge in [0.15, 0.2) is 0 Å². The fraction of sp³-hybridized carbons (Fsp3) is 0.450. The number of alkyl halides is 4. The van der Waals surface area contributed by atoms with Crippen LogP contribution in [-0.4, -0.2) is 26.7 Å². The summed E-state index contributed by atoms with van der Waals surface area (Å²) in [6.07, 6.45) is 0.760. The van der Waals surface area contributed by atoms with Crippen LogP contribution >= 0.6 is 22.6 Å². The summed E-state index contributed by atoms with van der Waals surface area (Å²) >= 11 is 2.45. The number of aromatic nitrogens is 1. The SMILES string of the molecule is O=[N+]([O-])c1cnc(NCc2ccccc2OC(F)(F)F)cc1NCC1CCC(I)CC1. The highest BCUT2D eigenvalue weighted by molar-refractivity contribution is 14.1. The highest BCUT2D eigenvalue weighted by Gasteiger charge is 2.32. The summed E-state index contributed by atoms with van der Waals surface area (Å²) in [5.41, 5.74) is 0.470. The summed E-state index contributed by atoms with van der Waals surface area (Å²) in [5, 5.41) is 17.4. The molecule has 1 saturated carbocycles. The third-order valence-corrected chi connectivity index (χ3v) is 6.34. The molecule has 2 N–H and O–H groups in total. The Kier molecular flexibility index (Phi) is 7.79. The molecular formula is C20H22F3IN4O3. The standard InChI is InChI=1S/C20H22F3IN4O3/c21-20(22,23)31-18-4-2-1-3-14(18)11-26-19-9-16(17(12-27-19)28(29)30)25-10-13-5-7-15(24)8-6-13/h1-4,9,12-13,15H,5-8,10-11H2,(H2,25,26,27). The number of nitrogens with zero attached hydrogens (tertiary/aromatic N) is 2. The fourth-order valence-corrected chi connectivity index (χ4v) is 4.19. The topological polar surface area (TPSA) is 89.3 Å². The number of ether oxygens (including phenoxy) is 1. The van der Waals surface area contributed by atoms with E-state index >= 15 is 0 Å². The fourth-order valence-electron chi connectivity index (χ4n) is 3.47. The number of anilines is 2. The van der Waals surface area contributed by atoms with Crippen molar-refractivity contribution in [2.24, 2.45) is 5.92 Å². The Hall–Kier alpha value is -2.31. The molecular weight excluding hydrogens is 528 g/mol. The van der Waals surface area contributed by atoms with Crippen molar-refractivity contribution in [2.75, 3.05) is 17.2 Å². The van der Waals surface area contributed by atoms with Crippen molar-refractivity contribution in [1.82, 2.24) is 4.98 Å². The first kappa shape index (κ1) is 23.4. The lowest BCUT2D eigenvalue weighted by Crippen LogP contribution is -2.21. The van der Waals surface area contributed by atoms with Crippen LogP contribution in [0, 0.1) is 16.0 Å². The molecule has 0 saturated heterocycles. The van der Waals surface area contributed by atoms with Gasteiger partial charge in [-0.2, -0.15) is 0 Å². The van der Waals surface area contributed by atoms with E-state index in [1.807, 2.05) is 0 Å². The Labute approximate surface area is 191 Å². The number of hydrogen-bond donors (Lipinski definition) is 2. The van der Waals surface area contributed by atoms with Crippen LogP contribution in [0.25, 0.3) is 0 Å². The second-order valence-corrected chi connectivity index (χ2v) is 9.11. The van der Waals surface area contributed by atoms with E-state index in [0.29, 0.717) is 27.9 Å². The van der Waals surface area contributed by atoms with E-state index in [4.69, 9.17) is 0 Å². The minimum absolute atomic E-state index is 0.0101. The second kappa shape index (κ2) is 10.3. The third-order valence-electron chi connectivity index (χ3n) is 5.10. The Morgan fingerprint density at radius 3 is 2.58 bits per heavy atom. The average Bonchev–Trinajstić information content (AvgIpc) is 2.71. The number of benzene rings is 1. The number of pyridine rings is 1. The average molecular weight is 550 g/mol. The summed E-state index contributed by atoms with van der Waals surface area (Å²) in [6.45, 7) is 0.631. The predicted molar refractivity (Wildman–Crippen MR) is 120 cm³/mol. The number of rotatable bonds is 8. The zero-order valence-electron chi connectivity index (χ0n) is 16.5. The van der Waals surface area contributed by atoms with Gasteiger partial charge in [-0.3, -0.25) is 10.1 Å². The largest absolute Gasteiger partial charge is 0.573 e. The van der Waals surface area contributed by atoms with E-state index in [-0.39, 0.29) is 23.5 Å². The molecule has 31 heavy (non-hydrogen) atoms. The van der Waals surface area contributed by atoms with E-state index in [1.54, 1.807) is 6.07 Å². The Bertz CT molecular complexity index is 905. The van der Waals surface area contributed by atoms with Crippen LogP contribution in [0.15, 0.2) is 36.5 Å². The number of nitro groups is 1. The van der Waals surface area contributed by atoms with Crippen molar-refractivity contribution in [3.8, 4) is 5.75 Å². The summed E-state index contributed by atoms with van der Waals surface area (Å²) in [6, 6.07) is 7.28. The monoisotopic (exact) mass is 550 g/mol. The number of halogens is 4. The van der Waals surface area contributed by atoms with Crippen molar-refractivity contribution in [1.29, 1.82) is 0 Å². The molecule has 0 aliphatic heterocycles. The third kappa shape index (κ3) is 7.11. The summed E-state index contributed by atoms with van der Waals surface area (Å²) in [4.78, 5) is 14.9. The van der Waals surface area contributed by atoms with E-state index in [2.05, 4.69) is 42.9 Å². The maximum atomic E-state index is 12.6. The molecule has 2 aromatic rings. The number of hydrogen-bond acceptors (Lipinski definition) is 6. The molecule has 0 amide bonds. The van der Waals surface area contributed by atoms with Gasteiger partial charge in [0, 0.05) is 28.6 Å². The number of nitrogens with one attached hydrogen (secondary N) is 2. The molecule has 1 heterocycles. The molecule has 1 aliphatic rings. The zero-order valence-corrected chi connectivity index (χ0v) is 18.6. The molecule has 0 radical (unpaired) electrons. The van der Waals surface area contributed by atoms with Crippen LogP contribution in [0.5, 0.6) is 5.75 Å². The molecule has 1 aromatic heterocycles. The summed E-state index contributed by atoms with van der Waals surface area (Å²) < 4.78 is 42.5. The van der Waals surface area contributed by atoms with Gasteiger partial charge in [0.1, 0.15) is 23.5 Å². The van der Waals surface area contributed by atoms with Gasteiger partial charge in [-0.15, -0.1) is 13.2 Å². The molecule has 168 valence electrons. The van der Waals surface area contributed by atoms with E-state index in [1.165, 1.54) is 24.3 Å².